The molecule has 0 aliphatic rings. The van der Waals surface area contributed by atoms with Crippen molar-refractivity contribution < 1.29 is 0 Å². The van der Waals surface area contributed by atoms with E-state index in [0.717, 1.165) is 37.5 Å². The van der Waals surface area contributed by atoms with Gasteiger partial charge in [-0.25, -0.2) is 15.0 Å². The number of hydrazone groups is 1. The van der Waals surface area contributed by atoms with Crippen molar-refractivity contribution >= 4 is 50.2 Å². The molecule has 6 heteroatoms. The summed E-state index contributed by atoms with van der Waals surface area (Å²) in [5.41, 5.74) is 7.70. The first kappa shape index (κ1) is 19.1. The number of rotatable bonds is 4. The van der Waals surface area contributed by atoms with Crippen LogP contribution in [0.3, 0.4) is 0 Å². The van der Waals surface area contributed by atoms with Crippen LogP contribution in [0.25, 0.3) is 21.1 Å². The second-order valence-corrected chi connectivity index (χ2v) is 8.14. The predicted molar refractivity (Wildman–Crippen MR) is 129 cm³/mol. The van der Waals surface area contributed by atoms with Gasteiger partial charge in [0, 0.05) is 5.39 Å². The second kappa shape index (κ2) is 8.45. The summed E-state index contributed by atoms with van der Waals surface area (Å²) in [4.78, 5) is 14.1. The van der Waals surface area contributed by atoms with Crippen molar-refractivity contribution in [1.29, 1.82) is 0 Å². The van der Waals surface area contributed by atoms with Gasteiger partial charge in [-0.3, -0.25) is 5.43 Å². The van der Waals surface area contributed by atoms with Gasteiger partial charge in [0.15, 0.2) is 5.84 Å². The molecule has 2 aromatic heterocycles. The van der Waals surface area contributed by atoms with Crippen LogP contribution >= 0.6 is 11.3 Å². The van der Waals surface area contributed by atoms with Gasteiger partial charge in [0.05, 0.1) is 27.6 Å². The van der Waals surface area contributed by atoms with Gasteiger partial charge in [0.1, 0.15) is 10.7 Å². The SMILES string of the molecule is Cc1ccc(N=C(N/N=C/c2nc3ccccc3s2)c2ccc3ccccc3n2)cc1. The Morgan fingerprint density at radius 2 is 1.61 bits per heavy atom. The molecule has 0 unspecified atom stereocenters. The highest BCUT2D eigenvalue weighted by molar-refractivity contribution is 7.20. The van der Waals surface area contributed by atoms with Crippen molar-refractivity contribution in [2.24, 2.45) is 10.1 Å². The number of hydrogen-bond donors (Lipinski definition) is 1. The summed E-state index contributed by atoms with van der Waals surface area (Å²) in [7, 11) is 0. The molecule has 0 saturated heterocycles. The van der Waals surface area contributed by atoms with Gasteiger partial charge < -0.3 is 0 Å². The van der Waals surface area contributed by atoms with E-state index in [4.69, 9.17) is 9.98 Å². The largest absolute Gasteiger partial charge is 0.259 e. The van der Waals surface area contributed by atoms with E-state index >= 15 is 0 Å². The fourth-order valence-corrected chi connectivity index (χ4v) is 4.02. The molecule has 0 atom stereocenters. The molecule has 0 aliphatic heterocycles. The zero-order chi connectivity index (χ0) is 21.0. The summed E-state index contributed by atoms with van der Waals surface area (Å²) in [6.45, 7) is 2.06. The van der Waals surface area contributed by atoms with Crippen LogP contribution in [0.15, 0.2) is 95.0 Å². The zero-order valence-electron chi connectivity index (χ0n) is 16.9. The molecule has 0 bridgehead atoms. The average Bonchev–Trinajstić information content (AvgIpc) is 3.22. The van der Waals surface area contributed by atoms with E-state index in [0.29, 0.717) is 5.84 Å². The highest BCUT2D eigenvalue weighted by Gasteiger charge is 2.07. The number of benzene rings is 3. The minimum absolute atomic E-state index is 0.576. The van der Waals surface area contributed by atoms with Crippen molar-refractivity contribution in [1.82, 2.24) is 15.4 Å². The van der Waals surface area contributed by atoms with E-state index in [1.54, 1.807) is 17.6 Å². The summed E-state index contributed by atoms with van der Waals surface area (Å²) < 4.78 is 1.13. The van der Waals surface area contributed by atoms with Crippen molar-refractivity contribution in [3.63, 3.8) is 0 Å². The van der Waals surface area contributed by atoms with Gasteiger partial charge in [-0.1, -0.05) is 54.1 Å². The van der Waals surface area contributed by atoms with Crippen LogP contribution in [0, 0.1) is 6.92 Å². The number of thiazole rings is 1. The van der Waals surface area contributed by atoms with Crippen molar-refractivity contribution in [2.45, 2.75) is 6.92 Å². The summed E-state index contributed by atoms with van der Waals surface area (Å²) in [5.74, 6) is 0.576. The lowest BCUT2D eigenvalue weighted by Gasteiger charge is -2.07. The molecule has 5 aromatic rings. The fourth-order valence-electron chi connectivity index (χ4n) is 3.18. The molecule has 0 aliphatic carbocycles. The molecule has 0 saturated carbocycles. The second-order valence-electron chi connectivity index (χ2n) is 7.07. The Morgan fingerprint density at radius 1 is 0.839 bits per heavy atom. The number of nitrogens with one attached hydrogen (secondary N) is 1. The molecule has 150 valence electrons. The van der Waals surface area contributed by atoms with Crippen LogP contribution < -0.4 is 5.43 Å². The molecule has 3 aromatic carbocycles. The highest BCUT2D eigenvalue weighted by atomic mass is 32.1. The van der Waals surface area contributed by atoms with E-state index in [-0.39, 0.29) is 0 Å². The number of aromatic nitrogens is 2. The maximum Gasteiger partial charge on any atom is 0.173 e. The summed E-state index contributed by atoms with van der Waals surface area (Å²) in [5, 5.41) is 6.32. The summed E-state index contributed by atoms with van der Waals surface area (Å²) in [6.07, 6.45) is 1.72. The average molecular weight is 422 g/mol. The first-order valence-electron chi connectivity index (χ1n) is 9.91. The normalized spacial score (nSPS) is 12.1. The summed E-state index contributed by atoms with van der Waals surface area (Å²) >= 11 is 1.60. The third kappa shape index (κ3) is 4.34. The Kier molecular flexibility index (Phi) is 5.21. The number of nitrogens with zero attached hydrogens (tertiary/aromatic N) is 4. The molecule has 0 radical (unpaired) electrons. The van der Waals surface area contributed by atoms with Crippen LogP contribution in [-0.2, 0) is 0 Å². The minimum Gasteiger partial charge on any atom is -0.259 e. The van der Waals surface area contributed by atoms with E-state index in [1.165, 1.54) is 5.56 Å². The molecule has 2 heterocycles. The third-order valence-corrected chi connectivity index (χ3v) is 5.74. The molecular weight excluding hydrogens is 402 g/mol. The van der Waals surface area contributed by atoms with Gasteiger partial charge in [0.2, 0.25) is 0 Å². The smallest absolute Gasteiger partial charge is 0.173 e. The topological polar surface area (TPSA) is 62.5 Å². The first-order chi connectivity index (χ1) is 15.2. The maximum absolute atomic E-state index is 4.77. The lowest BCUT2D eigenvalue weighted by Crippen LogP contribution is -2.20. The molecule has 5 rings (SSSR count). The van der Waals surface area contributed by atoms with E-state index < -0.39 is 0 Å². The molecule has 5 nitrogen and oxygen atoms in total. The van der Waals surface area contributed by atoms with Crippen LogP contribution in [0.1, 0.15) is 16.3 Å². The van der Waals surface area contributed by atoms with Crippen molar-refractivity contribution in [2.75, 3.05) is 0 Å². The van der Waals surface area contributed by atoms with E-state index in [2.05, 4.69) is 28.5 Å². The lowest BCUT2D eigenvalue weighted by molar-refractivity contribution is 1.02. The zero-order valence-corrected chi connectivity index (χ0v) is 17.7. The van der Waals surface area contributed by atoms with Gasteiger partial charge in [-0.2, -0.15) is 5.10 Å². The predicted octanol–water partition coefficient (Wildman–Crippen LogP) is 5.85. The molecular formula is C25H19N5S. The van der Waals surface area contributed by atoms with Gasteiger partial charge >= 0.3 is 0 Å². The Morgan fingerprint density at radius 3 is 2.45 bits per heavy atom. The molecule has 0 amide bonds. The van der Waals surface area contributed by atoms with Gasteiger partial charge in [-0.15, -0.1) is 11.3 Å². The Bertz CT molecular complexity index is 1380. The van der Waals surface area contributed by atoms with E-state index in [9.17, 15) is 0 Å². The maximum atomic E-state index is 4.77. The lowest BCUT2D eigenvalue weighted by atomic mass is 10.2. The van der Waals surface area contributed by atoms with Crippen molar-refractivity contribution in [3.05, 3.63) is 101 Å². The molecule has 0 spiro atoms. The van der Waals surface area contributed by atoms with Gasteiger partial charge in [-0.05, 0) is 43.3 Å². The number of aliphatic imine (C=N–C) groups is 1. The van der Waals surface area contributed by atoms with Gasteiger partial charge in [0.25, 0.3) is 0 Å². The van der Waals surface area contributed by atoms with Crippen molar-refractivity contribution in [3.8, 4) is 0 Å². The Balaban J connectivity index is 1.48. The third-order valence-electron chi connectivity index (χ3n) is 4.77. The number of fused-ring (bicyclic) bond motifs is 2. The summed E-state index contributed by atoms with van der Waals surface area (Å²) in [6, 6.07) is 28.1. The number of pyridine rings is 1. The number of para-hydroxylation sites is 2. The molecule has 1 N–H and O–H groups in total. The Hall–Kier alpha value is -3.90. The molecule has 31 heavy (non-hydrogen) atoms. The fraction of sp³-hybridized carbons (Fsp3) is 0.0400. The quantitative estimate of drug-likeness (QED) is 0.225. The number of aryl methyl sites for hydroxylation is 1. The number of amidine groups is 1. The number of hydrogen-bond acceptors (Lipinski definition) is 5. The Labute approximate surface area is 183 Å². The highest BCUT2D eigenvalue weighted by Crippen LogP contribution is 2.20. The molecule has 0 fully saturated rings. The standard InChI is InChI=1S/C25H19N5S/c1-17-10-13-19(14-11-17)27-25(22-15-12-18-6-2-3-7-20(18)28-22)30-26-16-24-29-21-8-4-5-9-23(21)31-24/h2-16H,1H3,(H,27,30)/b26-16+. The van der Waals surface area contributed by atoms with Crippen LogP contribution in [0.4, 0.5) is 5.69 Å². The van der Waals surface area contributed by atoms with E-state index in [1.807, 2.05) is 78.9 Å². The van der Waals surface area contributed by atoms with Crippen LogP contribution in [-0.4, -0.2) is 22.0 Å². The monoisotopic (exact) mass is 421 g/mol. The van der Waals surface area contributed by atoms with Crippen LogP contribution in [0.2, 0.25) is 0 Å². The van der Waals surface area contributed by atoms with Crippen LogP contribution in [0.5, 0.6) is 0 Å². The first-order valence-corrected chi connectivity index (χ1v) is 10.7. The minimum atomic E-state index is 0.576.